The van der Waals surface area contributed by atoms with E-state index in [1.807, 2.05) is 45.0 Å². The minimum atomic E-state index is -0.759. The summed E-state index contributed by atoms with van der Waals surface area (Å²) in [6, 6.07) is 12.0. The molecule has 1 atom stereocenters. The second-order valence-electron chi connectivity index (χ2n) is 10.2. The molecule has 0 radical (unpaired) electrons. The highest BCUT2D eigenvalue weighted by atomic mass is 35.5. The molecule has 2 rings (SSSR count). The van der Waals surface area contributed by atoms with Gasteiger partial charge in [0.2, 0.25) is 5.91 Å². The van der Waals surface area contributed by atoms with Gasteiger partial charge in [-0.15, -0.1) is 0 Å². The summed E-state index contributed by atoms with van der Waals surface area (Å²) in [5.41, 5.74) is 0.992. The minimum absolute atomic E-state index is 0.0837. The van der Waals surface area contributed by atoms with Gasteiger partial charge in [0, 0.05) is 27.7 Å². The van der Waals surface area contributed by atoms with Crippen LogP contribution in [0.5, 0.6) is 5.75 Å². The molecule has 0 aliphatic rings. The summed E-state index contributed by atoms with van der Waals surface area (Å²) >= 11 is 12.7. The highest BCUT2D eigenvalue weighted by Crippen LogP contribution is 2.31. The van der Waals surface area contributed by atoms with Crippen LogP contribution in [0.15, 0.2) is 42.5 Å². The molecular formula is C26H34Cl2N2O3. The number of carbonyl (C=O) groups is 2. The maximum atomic E-state index is 13.4. The molecule has 0 aliphatic carbocycles. The van der Waals surface area contributed by atoms with Gasteiger partial charge in [-0.1, -0.05) is 68.2 Å². The first-order valence-electron chi connectivity index (χ1n) is 11.0. The van der Waals surface area contributed by atoms with E-state index in [4.69, 9.17) is 27.9 Å². The van der Waals surface area contributed by atoms with Crippen LogP contribution in [0.3, 0.4) is 0 Å². The number of hydrogen-bond acceptors (Lipinski definition) is 3. The van der Waals surface area contributed by atoms with Crippen molar-refractivity contribution in [1.29, 1.82) is 0 Å². The highest BCUT2D eigenvalue weighted by molar-refractivity contribution is 6.36. The number of halogens is 2. The van der Waals surface area contributed by atoms with Crippen molar-refractivity contribution < 1.29 is 14.3 Å². The zero-order valence-electron chi connectivity index (χ0n) is 20.5. The number of benzene rings is 2. The standard InChI is InChI=1S/C26H34Cl2N2O3/c1-17(24(32)29-26(5,6)7)30(15-18-20(27)12-10-13-21(18)28)23(31)16-33-22-14-9-8-11-19(22)25(2,3)4/h8-14,17H,15-16H2,1-7H3,(H,29,32)/t17-/m0/s1. The summed E-state index contributed by atoms with van der Waals surface area (Å²) < 4.78 is 5.95. The summed E-state index contributed by atoms with van der Waals surface area (Å²) in [4.78, 5) is 27.7. The predicted octanol–water partition coefficient (Wildman–Crippen LogP) is 6.00. The Morgan fingerprint density at radius 3 is 2.09 bits per heavy atom. The normalized spacial score (nSPS) is 12.8. The number of hydrogen-bond donors (Lipinski definition) is 1. The van der Waals surface area contributed by atoms with Crippen molar-refractivity contribution in [3.05, 3.63) is 63.6 Å². The second kappa shape index (κ2) is 10.8. The van der Waals surface area contributed by atoms with Gasteiger partial charge in [-0.05, 0) is 56.9 Å². The van der Waals surface area contributed by atoms with E-state index < -0.39 is 11.6 Å². The summed E-state index contributed by atoms with van der Waals surface area (Å²) in [5, 5.41) is 3.80. The average Bonchev–Trinajstić information content (AvgIpc) is 2.69. The Morgan fingerprint density at radius 2 is 1.55 bits per heavy atom. The third-order valence-electron chi connectivity index (χ3n) is 5.10. The van der Waals surface area contributed by atoms with Crippen molar-refractivity contribution in [2.24, 2.45) is 0 Å². The molecule has 0 saturated carbocycles. The van der Waals surface area contributed by atoms with Crippen LogP contribution < -0.4 is 10.1 Å². The first-order valence-corrected chi connectivity index (χ1v) is 11.7. The Kier molecular flexibility index (Phi) is 8.83. The van der Waals surface area contributed by atoms with E-state index in [-0.39, 0.29) is 30.4 Å². The van der Waals surface area contributed by atoms with Gasteiger partial charge in [0.15, 0.2) is 6.61 Å². The third-order valence-corrected chi connectivity index (χ3v) is 5.81. The van der Waals surface area contributed by atoms with Gasteiger partial charge in [0.05, 0.1) is 0 Å². The molecule has 0 bridgehead atoms. The zero-order chi connectivity index (χ0) is 25.0. The quantitative estimate of drug-likeness (QED) is 0.515. The van der Waals surface area contributed by atoms with Crippen LogP contribution in [-0.4, -0.2) is 34.9 Å². The third kappa shape index (κ3) is 7.65. The van der Waals surface area contributed by atoms with Crippen molar-refractivity contribution in [2.75, 3.05) is 6.61 Å². The van der Waals surface area contributed by atoms with Crippen LogP contribution in [0.25, 0.3) is 0 Å². The van der Waals surface area contributed by atoms with Crippen LogP contribution in [-0.2, 0) is 21.5 Å². The van der Waals surface area contributed by atoms with Gasteiger partial charge in [-0.25, -0.2) is 0 Å². The largest absolute Gasteiger partial charge is 0.483 e. The van der Waals surface area contributed by atoms with Crippen molar-refractivity contribution in [3.63, 3.8) is 0 Å². The number of ether oxygens (including phenoxy) is 1. The van der Waals surface area contributed by atoms with Crippen LogP contribution in [0.4, 0.5) is 0 Å². The van der Waals surface area contributed by atoms with Gasteiger partial charge < -0.3 is 15.0 Å². The number of amides is 2. The molecule has 1 N–H and O–H groups in total. The van der Waals surface area contributed by atoms with E-state index >= 15 is 0 Å². The number of carbonyl (C=O) groups excluding carboxylic acids is 2. The number of nitrogens with zero attached hydrogens (tertiary/aromatic N) is 1. The van der Waals surface area contributed by atoms with E-state index in [1.54, 1.807) is 25.1 Å². The second-order valence-corrected chi connectivity index (χ2v) is 11.0. The first kappa shape index (κ1) is 27.0. The molecule has 0 aliphatic heterocycles. The molecule has 33 heavy (non-hydrogen) atoms. The van der Waals surface area contributed by atoms with E-state index in [9.17, 15) is 9.59 Å². The van der Waals surface area contributed by atoms with Gasteiger partial charge in [-0.3, -0.25) is 9.59 Å². The smallest absolute Gasteiger partial charge is 0.261 e. The molecule has 0 saturated heterocycles. The Balaban J connectivity index is 2.31. The predicted molar refractivity (Wildman–Crippen MR) is 135 cm³/mol. The Morgan fingerprint density at radius 1 is 0.970 bits per heavy atom. The minimum Gasteiger partial charge on any atom is -0.483 e. The number of para-hydroxylation sites is 1. The van der Waals surface area contributed by atoms with Gasteiger partial charge in [-0.2, -0.15) is 0 Å². The molecule has 2 amide bonds. The van der Waals surface area contributed by atoms with E-state index in [0.29, 0.717) is 21.4 Å². The molecule has 0 aromatic heterocycles. The van der Waals surface area contributed by atoms with Crippen LogP contribution >= 0.6 is 23.2 Å². The molecule has 0 heterocycles. The van der Waals surface area contributed by atoms with Crippen molar-refractivity contribution in [1.82, 2.24) is 10.2 Å². The molecule has 5 nitrogen and oxygen atoms in total. The molecule has 7 heteroatoms. The maximum absolute atomic E-state index is 13.4. The summed E-state index contributed by atoms with van der Waals surface area (Å²) in [6.07, 6.45) is 0. The molecule has 0 spiro atoms. The Labute approximate surface area is 207 Å². The average molecular weight is 493 g/mol. The topological polar surface area (TPSA) is 58.6 Å². The highest BCUT2D eigenvalue weighted by Gasteiger charge is 2.30. The molecule has 0 fully saturated rings. The lowest BCUT2D eigenvalue weighted by Gasteiger charge is -2.32. The van der Waals surface area contributed by atoms with Crippen LogP contribution in [0, 0.1) is 0 Å². The molecule has 180 valence electrons. The maximum Gasteiger partial charge on any atom is 0.261 e. The van der Waals surface area contributed by atoms with Gasteiger partial charge >= 0.3 is 0 Å². The van der Waals surface area contributed by atoms with E-state index in [0.717, 1.165) is 5.56 Å². The lowest BCUT2D eigenvalue weighted by atomic mass is 9.86. The first-order chi connectivity index (χ1) is 15.2. The van der Waals surface area contributed by atoms with Crippen molar-refractivity contribution >= 4 is 35.0 Å². The Hall–Kier alpha value is -2.24. The summed E-state index contributed by atoms with van der Waals surface area (Å²) in [5.74, 6) is 0.0289. The summed E-state index contributed by atoms with van der Waals surface area (Å²) in [7, 11) is 0. The zero-order valence-corrected chi connectivity index (χ0v) is 22.0. The van der Waals surface area contributed by atoms with Crippen LogP contribution in [0.2, 0.25) is 10.0 Å². The fourth-order valence-electron chi connectivity index (χ4n) is 3.34. The number of nitrogens with one attached hydrogen (secondary N) is 1. The number of rotatable bonds is 7. The van der Waals surface area contributed by atoms with Crippen LogP contribution in [0.1, 0.15) is 59.6 Å². The lowest BCUT2D eigenvalue weighted by molar-refractivity contribution is -0.142. The summed E-state index contributed by atoms with van der Waals surface area (Å²) in [6.45, 7) is 13.5. The molecule has 2 aromatic rings. The van der Waals surface area contributed by atoms with Gasteiger partial charge in [0.25, 0.3) is 5.91 Å². The molecule has 0 unspecified atom stereocenters. The monoisotopic (exact) mass is 492 g/mol. The molecule has 2 aromatic carbocycles. The fraction of sp³-hybridized carbons (Fsp3) is 0.462. The van der Waals surface area contributed by atoms with E-state index in [2.05, 4.69) is 26.1 Å². The van der Waals surface area contributed by atoms with Gasteiger partial charge in [0.1, 0.15) is 11.8 Å². The SMILES string of the molecule is C[C@@H](C(=O)NC(C)(C)C)N(Cc1c(Cl)cccc1Cl)C(=O)COc1ccccc1C(C)(C)C. The Bertz CT molecular complexity index is 974. The van der Waals surface area contributed by atoms with Crippen molar-refractivity contribution in [2.45, 2.75) is 72.0 Å². The lowest BCUT2D eigenvalue weighted by Crippen LogP contribution is -2.53. The van der Waals surface area contributed by atoms with E-state index in [1.165, 1.54) is 4.90 Å². The fourth-order valence-corrected chi connectivity index (χ4v) is 3.86. The van der Waals surface area contributed by atoms with Crippen molar-refractivity contribution in [3.8, 4) is 5.75 Å². The molecular weight excluding hydrogens is 459 g/mol.